The Morgan fingerprint density at radius 2 is 1.20 bits per heavy atom. The fraction of sp³-hybridized carbons (Fsp3) is 0.692. The molecule has 0 amide bonds. The maximum atomic E-state index is 3.47. The SMILES string of the molecule is CC(C)c1sc2c(c1C(C)C)CCNC2.CC(C)c1sc2c(c1C(C)C)CCSC2. The molecule has 1 nitrogen and oxygen atoms in total. The van der Waals surface area contributed by atoms with Gasteiger partial charge in [-0.05, 0) is 71.1 Å². The minimum Gasteiger partial charge on any atom is -0.312 e. The van der Waals surface area contributed by atoms with E-state index >= 15 is 0 Å². The van der Waals surface area contributed by atoms with Crippen molar-refractivity contribution in [2.45, 2.75) is 104 Å². The van der Waals surface area contributed by atoms with Gasteiger partial charge in [0.1, 0.15) is 0 Å². The predicted molar refractivity (Wildman–Crippen MR) is 140 cm³/mol. The first kappa shape index (κ1) is 24.4. The van der Waals surface area contributed by atoms with E-state index in [9.17, 15) is 0 Å². The van der Waals surface area contributed by atoms with Crippen LogP contribution >= 0.6 is 34.4 Å². The number of hydrogen-bond acceptors (Lipinski definition) is 4. The van der Waals surface area contributed by atoms with Crippen LogP contribution < -0.4 is 5.32 Å². The Morgan fingerprint density at radius 1 is 0.667 bits per heavy atom. The molecule has 0 aliphatic carbocycles. The van der Waals surface area contributed by atoms with Crippen LogP contribution in [0.2, 0.25) is 0 Å². The van der Waals surface area contributed by atoms with Gasteiger partial charge in [-0.25, -0.2) is 0 Å². The number of thiophene rings is 2. The zero-order valence-corrected chi connectivity index (χ0v) is 22.7. The van der Waals surface area contributed by atoms with Gasteiger partial charge < -0.3 is 5.32 Å². The Labute approximate surface area is 197 Å². The lowest BCUT2D eigenvalue weighted by atomic mass is 9.91. The summed E-state index contributed by atoms with van der Waals surface area (Å²) < 4.78 is 0. The first-order valence-corrected chi connectivity index (χ1v) is 14.6. The highest BCUT2D eigenvalue weighted by Crippen LogP contribution is 2.42. The highest BCUT2D eigenvalue weighted by Gasteiger charge is 2.24. The third-order valence-corrected chi connectivity index (χ3v) is 10.4. The van der Waals surface area contributed by atoms with Crippen molar-refractivity contribution >= 4 is 34.4 Å². The van der Waals surface area contributed by atoms with Crippen LogP contribution in [0, 0.1) is 0 Å². The second-order valence-electron chi connectivity index (χ2n) is 9.91. The highest BCUT2D eigenvalue weighted by molar-refractivity contribution is 7.98. The van der Waals surface area contributed by atoms with Crippen LogP contribution in [-0.2, 0) is 25.1 Å². The monoisotopic (exact) mass is 463 g/mol. The lowest BCUT2D eigenvalue weighted by molar-refractivity contribution is 0.645. The standard InChI is InChI=1S/C13H21NS.C13H20S2/c2*1-8(2)12-10-5-6-14-7-11(10)15-13(12)9(3)4/h8-9,14H,5-7H2,1-4H3;8-9H,5-7H2,1-4H3. The highest BCUT2D eigenvalue weighted by atomic mass is 32.2. The smallest absolute Gasteiger partial charge is 0.0302 e. The van der Waals surface area contributed by atoms with Crippen LogP contribution in [0.25, 0.3) is 0 Å². The Bertz CT molecular complexity index is 769. The summed E-state index contributed by atoms with van der Waals surface area (Å²) in [6.07, 6.45) is 2.53. The fourth-order valence-electron chi connectivity index (χ4n) is 4.78. The number of hydrogen-bond donors (Lipinski definition) is 1. The zero-order chi connectivity index (χ0) is 22.0. The molecule has 4 rings (SSSR count). The molecular formula is C26H41NS3. The van der Waals surface area contributed by atoms with Crippen molar-refractivity contribution in [1.29, 1.82) is 0 Å². The van der Waals surface area contributed by atoms with Gasteiger partial charge >= 0.3 is 0 Å². The minimum atomic E-state index is 0.679. The maximum absolute atomic E-state index is 3.47. The van der Waals surface area contributed by atoms with Crippen molar-refractivity contribution in [3.8, 4) is 0 Å². The molecule has 2 aromatic rings. The van der Waals surface area contributed by atoms with Crippen molar-refractivity contribution < 1.29 is 0 Å². The third kappa shape index (κ3) is 5.19. The maximum Gasteiger partial charge on any atom is 0.0302 e. The van der Waals surface area contributed by atoms with Crippen LogP contribution in [0.3, 0.4) is 0 Å². The lowest BCUT2D eigenvalue weighted by Crippen LogP contribution is -2.22. The van der Waals surface area contributed by atoms with Gasteiger partial charge in [-0.3, -0.25) is 0 Å². The van der Waals surface area contributed by atoms with Crippen LogP contribution in [0.15, 0.2) is 0 Å². The summed E-state index contributed by atoms with van der Waals surface area (Å²) in [5, 5.41) is 3.47. The molecule has 4 heteroatoms. The normalized spacial score (nSPS) is 16.1. The third-order valence-electron chi connectivity index (χ3n) is 6.09. The largest absolute Gasteiger partial charge is 0.312 e. The van der Waals surface area contributed by atoms with Crippen LogP contribution in [0.5, 0.6) is 0 Å². The molecule has 0 spiro atoms. The Hall–Kier alpha value is -0.290. The van der Waals surface area contributed by atoms with Gasteiger partial charge in [0.15, 0.2) is 0 Å². The molecule has 0 radical (unpaired) electrons. The van der Waals surface area contributed by atoms with Crippen molar-refractivity contribution in [1.82, 2.24) is 5.32 Å². The number of thioether (sulfide) groups is 1. The molecular weight excluding hydrogens is 422 g/mol. The summed E-state index contributed by atoms with van der Waals surface area (Å²) in [6.45, 7) is 20.9. The summed E-state index contributed by atoms with van der Waals surface area (Å²) in [7, 11) is 0. The zero-order valence-electron chi connectivity index (χ0n) is 20.3. The van der Waals surface area contributed by atoms with Gasteiger partial charge in [-0.1, -0.05) is 55.4 Å². The molecule has 2 aliphatic heterocycles. The molecule has 0 atom stereocenters. The average Bonchev–Trinajstić information content (AvgIpc) is 3.27. The van der Waals surface area contributed by atoms with E-state index in [1.807, 2.05) is 11.3 Å². The molecule has 0 saturated heterocycles. The predicted octanol–water partition coefficient (Wildman–Crippen LogP) is 8.42. The second-order valence-corrected chi connectivity index (χ2v) is 13.3. The summed E-state index contributed by atoms with van der Waals surface area (Å²) in [5.41, 5.74) is 6.71. The summed E-state index contributed by atoms with van der Waals surface area (Å²) >= 11 is 6.21. The quantitative estimate of drug-likeness (QED) is 0.488. The van der Waals surface area contributed by atoms with E-state index in [4.69, 9.17) is 0 Å². The molecule has 1 N–H and O–H groups in total. The summed E-state index contributed by atoms with van der Waals surface area (Å²) in [5.74, 6) is 5.33. The van der Waals surface area contributed by atoms with Crippen molar-refractivity contribution in [3.05, 3.63) is 41.8 Å². The van der Waals surface area contributed by atoms with Gasteiger partial charge in [0, 0.05) is 31.8 Å². The van der Waals surface area contributed by atoms with E-state index in [2.05, 4.69) is 83.8 Å². The minimum absolute atomic E-state index is 0.679. The number of rotatable bonds is 4. The second kappa shape index (κ2) is 10.6. The van der Waals surface area contributed by atoms with Crippen LogP contribution in [0.1, 0.15) is 121 Å². The molecule has 4 heterocycles. The summed E-state index contributed by atoms with van der Waals surface area (Å²) in [6, 6.07) is 0. The molecule has 0 aromatic carbocycles. The Kier molecular flexibility index (Phi) is 8.57. The molecule has 2 aromatic heterocycles. The van der Waals surface area contributed by atoms with Crippen molar-refractivity contribution in [2.24, 2.45) is 0 Å². The molecule has 30 heavy (non-hydrogen) atoms. The molecule has 2 aliphatic rings. The number of fused-ring (bicyclic) bond motifs is 2. The van der Waals surface area contributed by atoms with E-state index in [1.54, 1.807) is 41.8 Å². The Morgan fingerprint density at radius 3 is 1.73 bits per heavy atom. The number of nitrogens with one attached hydrogen (secondary N) is 1. The van der Waals surface area contributed by atoms with E-state index in [1.165, 1.54) is 24.3 Å². The van der Waals surface area contributed by atoms with Gasteiger partial charge in [0.2, 0.25) is 0 Å². The molecule has 0 unspecified atom stereocenters. The van der Waals surface area contributed by atoms with Crippen molar-refractivity contribution in [3.63, 3.8) is 0 Å². The van der Waals surface area contributed by atoms with Gasteiger partial charge in [0.05, 0.1) is 0 Å². The molecule has 168 valence electrons. The molecule has 0 fully saturated rings. The van der Waals surface area contributed by atoms with E-state index in [0.29, 0.717) is 23.7 Å². The lowest BCUT2D eigenvalue weighted by Gasteiger charge is -2.17. The van der Waals surface area contributed by atoms with Crippen LogP contribution in [-0.4, -0.2) is 12.3 Å². The molecule has 0 saturated carbocycles. The van der Waals surface area contributed by atoms with Crippen molar-refractivity contribution in [2.75, 3.05) is 12.3 Å². The van der Waals surface area contributed by atoms with Gasteiger partial charge in [-0.15, -0.1) is 22.7 Å². The Balaban J connectivity index is 0.000000171. The van der Waals surface area contributed by atoms with Gasteiger partial charge in [-0.2, -0.15) is 11.8 Å². The average molecular weight is 464 g/mol. The molecule has 0 bridgehead atoms. The fourth-order valence-corrected chi connectivity index (χ4v) is 8.90. The first-order chi connectivity index (χ1) is 14.2. The van der Waals surface area contributed by atoms with E-state index < -0.39 is 0 Å². The summed E-state index contributed by atoms with van der Waals surface area (Å²) in [4.78, 5) is 6.53. The first-order valence-electron chi connectivity index (χ1n) is 11.8. The topological polar surface area (TPSA) is 12.0 Å². The van der Waals surface area contributed by atoms with E-state index in [-0.39, 0.29) is 0 Å². The van der Waals surface area contributed by atoms with E-state index in [0.717, 1.165) is 13.1 Å². The van der Waals surface area contributed by atoms with Crippen LogP contribution in [0.4, 0.5) is 0 Å². The van der Waals surface area contributed by atoms with Gasteiger partial charge in [0.25, 0.3) is 0 Å².